The standard InChI is InChI=1S/C22H23N5O.C21H20F3N5O/c23-10-15-3-5-18(6-4-15)19-9-21-20(26-22(19)28-14-16-1-2-16)12-25-27(21)13-17-7-8-24-11-17;22-21(23,24)6-8-30-20-17(16-3-1-14(10-25)2-4-16)9-19-18(28-20)12-27-29(19)13-15-5-7-26-11-15/h3-6,9,12,16-17,24H,1-2,7-8,11,13-14H2;1-4,9,12,15,26H,5-8,11,13H2/t17-;15-/m00/s1. The molecule has 0 unspecified atom stereocenters. The fourth-order valence-corrected chi connectivity index (χ4v) is 7.32. The number of fused-ring (bicyclic) bond motifs is 2. The third kappa shape index (κ3) is 9.39. The van der Waals surface area contributed by atoms with Crippen molar-refractivity contribution in [2.75, 3.05) is 39.4 Å². The maximum Gasteiger partial charge on any atom is 0.392 e. The van der Waals surface area contributed by atoms with Gasteiger partial charge in [0, 0.05) is 24.2 Å². The molecule has 1 saturated carbocycles. The first-order valence-corrected chi connectivity index (χ1v) is 19.7. The van der Waals surface area contributed by atoms with Gasteiger partial charge in [0.1, 0.15) is 11.0 Å². The van der Waals surface area contributed by atoms with Crippen molar-refractivity contribution in [1.82, 2.24) is 40.2 Å². The van der Waals surface area contributed by atoms with Crippen molar-refractivity contribution < 1.29 is 22.6 Å². The van der Waals surface area contributed by atoms with Crippen molar-refractivity contribution in [1.29, 1.82) is 10.5 Å². The van der Waals surface area contributed by atoms with E-state index in [1.54, 1.807) is 30.5 Å². The van der Waals surface area contributed by atoms with Crippen LogP contribution in [0, 0.1) is 40.4 Å². The minimum atomic E-state index is -4.31. The molecule has 0 spiro atoms. The van der Waals surface area contributed by atoms with Gasteiger partial charge >= 0.3 is 6.18 Å². The number of hydrogen-bond acceptors (Lipinski definition) is 10. The van der Waals surface area contributed by atoms with Crippen LogP contribution < -0.4 is 20.1 Å². The van der Waals surface area contributed by atoms with Crippen LogP contribution in [0.1, 0.15) is 43.2 Å². The van der Waals surface area contributed by atoms with Crippen LogP contribution >= 0.6 is 0 Å². The van der Waals surface area contributed by atoms with Crippen molar-refractivity contribution in [3.63, 3.8) is 0 Å². The maximum absolute atomic E-state index is 12.6. The molecule has 6 aromatic rings. The summed E-state index contributed by atoms with van der Waals surface area (Å²) >= 11 is 0. The van der Waals surface area contributed by atoms with Gasteiger partial charge in [0.2, 0.25) is 11.8 Å². The zero-order chi connectivity index (χ0) is 40.1. The summed E-state index contributed by atoms with van der Waals surface area (Å²) in [5.74, 6) is 2.51. The summed E-state index contributed by atoms with van der Waals surface area (Å²) in [4.78, 5) is 9.26. The molecule has 2 atom stereocenters. The van der Waals surface area contributed by atoms with E-state index < -0.39 is 19.2 Å². The van der Waals surface area contributed by atoms with Crippen molar-refractivity contribution in [3.05, 3.63) is 84.2 Å². The quantitative estimate of drug-likeness (QED) is 0.130. The second-order valence-electron chi connectivity index (χ2n) is 15.2. The number of pyridine rings is 2. The lowest BCUT2D eigenvalue weighted by Gasteiger charge is -2.14. The van der Waals surface area contributed by atoms with Crippen LogP contribution in [-0.4, -0.2) is 75.1 Å². The predicted octanol–water partition coefficient (Wildman–Crippen LogP) is 7.28. The molecule has 3 aliphatic rings. The molecule has 298 valence electrons. The number of hydrogen-bond donors (Lipinski definition) is 2. The zero-order valence-electron chi connectivity index (χ0n) is 31.9. The molecule has 4 aromatic heterocycles. The first-order valence-electron chi connectivity index (χ1n) is 19.7. The van der Waals surface area contributed by atoms with Crippen LogP contribution in [0.2, 0.25) is 0 Å². The Bertz CT molecular complexity index is 2430. The largest absolute Gasteiger partial charge is 0.477 e. The number of alkyl halides is 3. The van der Waals surface area contributed by atoms with E-state index >= 15 is 0 Å². The fraction of sp³-hybridized carbons (Fsp3) is 0.395. The van der Waals surface area contributed by atoms with Crippen molar-refractivity contribution in [2.24, 2.45) is 17.8 Å². The third-order valence-corrected chi connectivity index (χ3v) is 10.8. The molecule has 2 N–H and O–H groups in total. The number of ether oxygens (including phenoxy) is 2. The van der Waals surface area contributed by atoms with Crippen molar-refractivity contribution in [3.8, 4) is 46.2 Å². The molecule has 12 nitrogen and oxygen atoms in total. The second kappa shape index (κ2) is 17.2. The number of rotatable bonds is 12. The van der Waals surface area contributed by atoms with Crippen LogP contribution in [-0.2, 0) is 13.1 Å². The lowest BCUT2D eigenvalue weighted by Crippen LogP contribution is -2.15. The molecule has 9 rings (SSSR count). The Morgan fingerprint density at radius 1 is 0.672 bits per heavy atom. The Labute approximate surface area is 333 Å². The summed E-state index contributed by atoms with van der Waals surface area (Å²) < 4.78 is 53.2. The van der Waals surface area contributed by atoms with E-state index in [2.05, 4.69) is 48.7 Å². The van der Waals surface area contributed by atoms with Gasteiger partial charge in [-0.1, -0.05) is 24.3 Å². The summed E-state index contributed by atoms with van der Waals surface area (Å²) in [6.07, 6.45) is 2.80. The summed E-state index contributed by atoms with van der Waals surface area (Å²) in [6.45, 7) is 5.85. The number of benzene rings is 2. The number of aromatic nitrogens is 6. The minimum absolute atomic E-state index is 0.124. The van der Waals surface area contributed by atoms with Gasteiger partial charge in [-0.2, -0.15) is 33.9 Å². The Morgan fingerprint density at radius 2 is 1.16 bits per heavy atom. The molecule has 0 amide bonds. The molecule has 6 heterocycles. The molecule has 15 heteroatoms. The Balaban J connectivity index is 0.000000162. The number of nitrogens with zero attached hydrogens (tertiary/aromatic N) is 8. The highest BCUT2D eigenvalue weighted by molar-refractivity contribution is 5.85. The van der Waals surface area contributed by atoms with E-state index in [0.29, 0.717) is 58.0 Å². The molecule has 0 bridgehead atoms. The molecule has 2 aliphatic heterocycles. The highest BCUT2D eigenvalue weighted by atomic mass is 19.4. The van der Waals surface area contributed by atoms with Gasteiger partial charge in [-0.25, -0.2) is 9.97 Å². The van der Waals surface area contributed by atoms with E-state index in [1.165, 1.54) is 19.3 Å². The van der Waals surface area contributed by atoms with Crippen molar-refractivity contribution >= 4 is 22.1 Å². The Morgan fingerprint density at radius 3 is 1.57 bits per heavy atom. The summed E-state index contributed by atoms with van der Waals surface area (Å²) in [5.41, 5.74) is 7.66. The van der Waals surface area contributed by atoms with Gasteiger partial charge in [-0.3, -0.25) is 9.36 Å². The summed E-state index contributed by atoms with van der Waals surface area (Å²) in [7, 11) is 0. The lowest BCUT2D eigenvalue weighted by molar-refractivity contribution is -0.139. The molecule has 2 aromatic carbocycles. The van der Waals surface area contributed by atoms with Crippen LogP contribution in [0.3, 0.4) is 0 Å². The van der Waals surface area contributed by atoms with E-state index in [1.807, 2.05) is 41.2 Å². The molecule has 3 fully saturated rings. The molecular formula is C43H43F3N10O2. The normalized spacial score (nSPS) is 17.8. The Hall–Kier alpha value is -6.03. The van der Waals surface area contributed by atoms with E-state index in [9.17, 15) is 13.2 Å². The van der Waals surface area contributed by atoms with Crippen LogP contribution in [0.5, 0.6) is 11.8 Å². The molecular weight excluding hydrogens is 746 g/mol. The Kier molecular flexibility index (Phi) is 11.5. The van der Waals surface area contributed by atoms with Crippen LogP contribution in [0.15, 0.2) is 73.1 Å². The molecule has 1 aliphatic carbocycles. The van der Waals surface area contributed by atoms with Gasteiger partial charge < -0.3 is 20.1 Å². The van der Waals surface area contributed by atoms with E-state index in [0.717, 1.165) is 73.4 Å². The molecule has 0 radical (unpaired) electrons. The first-order chi connectivity index (χ1) is 28.2. The highest BCUT2D eigenvalue weighted by Crippen LogP contribution is 2.36. The molecule has 2 saturated heterocycles. The van der Waals surface area contributed by atoms with Gasteiger partial charge in [-0.15, -0.1) is 0 Å². The number of nitrogens with one attached hydrogen (secondary N) is 2. The second-order valence-corrected chi connectivity index (χ2v) is 15.2. The average Bonchev–Trinajstić information content (AvgIpc) is 3.62. The van der Waals surface area contributed by atoms with Gasteiger partial charge in [0.15, 0.2) is 0 Å². The molecule has 58 heavy (non-hydrogen) atoms. The third-order valence-electron chi connectivity index (χ3n) is 10.8. The van der Waals surface area contributed by atoms with Crippen molar-refractivity contribution in [2.45, 2.75) is 51.4 Å². The van der Waals surface area contributed by atoms with Gasteiger partial charge in [0.25, 0.3) is 0 Å². The first kappa shape index (κ1) is 38.8. The summed E-state index contributed by atoms with van der Waals surface area (Å²) in [5, 5.41) is 33.9. The lowest BCUT2D eigenvalue weighted by atomic mass is 10.0. The topological polar surface area (TPSA) is 152 Å². The maximum atomic E-state index is 12.6. The van der Waals surface area contributed by atoms with Crippen LogP contribution in [0.25, 0.3) is 44.3 Å². The van der Waals surface area contributed by atoms with Crippen LogP contribution in [0.4, 0.5) is 13.2 Å². The smallest absolute Gasteiger partial charge is 0.392 e. The SMILES string of the molecule is N#Cc1ccc(-c2cc3c(cnn3C[C@H]3CCNC3)nc2OCC2CC2)cc1.N#Cc1ccc(-c2cc3c(cnn3C[C@H]3CCNC3)nc2OCCC(F)(F)F)cc1. The van der Waals surface area contributed by atoms with E-state index in [-0.39, 0.29) is 5.88 Å². The zero-order valence-corrected chi connectivity index (χ0v) is 31.9. The van der Waals surface area contributed by atoms with Gasteiger partial charge in [0.05, 0.1) is 66.3 Å². The number of nitriles is 2. The number of halogens is 3. The van der Waals surface area contributed by atoms with Gasteiger partial charge in [-0.05, 0) is 117 Å². The minimum Gasteiger partial charge on any atom is -0.477 e. The highest BCUT2D eigenvalue weighted by Gasteiger charge is 2.28. The monoisotopic (exact) mass is 788 g/mol. The van der Waals surface area contributed by atoms with E-state index in [4.69, 9.17) is 25.0 Å². The summed E-state index contributed by atoms with van der Waals surface area (Å²) in [6, 6.07) is 22.6. The predicted molar refractivity (Wildman–Crippen MR) is 212 cm³/mol. The average molecular weight is 789 g/mol. The fourth-order valence-electron chi connectivity index (χ4n) is 7.32.